The summed E-state index contributed by atoms with van der Waals surface area (Å²) in [4.78, 5) is 21.8. The lowest BCUT2D eigenvalue weighted by atomic mass is 9.83. The number of ether oxygens (including phenoxy) is 2. The Morgan fingerprint density at radius 3 is 2.49 bits per heavy atom. The zero-order valence-electron chi connectivity index (χ0n) is 21.4. The SMILES string of the molecule is COc1ccc(C2CC(=O)C(C=NCCN3CCN(C(=S)Nc4ccccc4)CC3)=C(O)C2)cc1OC. The molecule has 2 aromatic carbocycles. The molecule has 37 heavy (non-hydrogen) atoms. The third kappa shape index (κ3) is 6.87. The Bertz CT molecular complexity index is 1160. The van der Waals surface area contributed by atoms with Crippen molar-refractivity contribution in [3.8, 4) is 11.5 Å². The van der Waals surface area contributed by atoms with Gasteiger partial charge >= 0.3 is 0 Å². The van der Waals surface area contributed by atoms with Crippen LogP contribution in [0.1, 0.15) is 24.3 Å². The van der Waals surface area contributed by atoms with Gasteiger partial charge in [-0.2, -0.15) is 0 Å². The van der Waals surface area contributed by atoms with Crippen LogP contribution in [-0.2, 0) is 4.79 Å². The molecule has 1 fully saturated rings. The second-order valence-corrected chi connectivity index (χ2v) is 9.55. The molecule has 0 spiro atoms. The Labute approximate surface area is 223 Å². The number of ketones is 1. The second-order valence-electron chi connectivity index (χ2n) is 9.16. The molecule has 0 radical (unpaired) electrons. The highest BCUT2D eigenvalue weighted by Crippen LogP contribution is 2.37. The number of nitrogens with zero attached hydrogens (tertiary/aromatic N) is 3. The summed E-state index contributed by atoms with van der Waals surface area (Å²) in [5.74, 6) is 1.13. The van der Waals surface area contributed by atoms with Crippen molar-refractivity contribution in [3.05, 3.63) is 65.4 Å². The van der Waals surface area contributed by atoms with Gasteiger partial charge in [-0.25, -0.2) is 0 Å². The van der Waals surface area contributed by atoms with Gasteiger partial charge in [0, 0.05) is 57.5 Å². The molecule has 4 rings (SSSR count). The Balaban J connectivity index is 1.24. The maximum absolute atomic E-state index is 12.8. The van der Waals surface area contributed by atoms with E-state index in [1.807, 2.05) is 48.5 Å². The lowest BCUT2D eigenvalue weighted by Crippen LogP contribution is -2.50. The molecular formula is C28H34N4O4S. The van der Waals surface area contributed by atoms with Crippen molar-refractivity contribution in [2.75, 3.05) is 58.8 Å². The molecule has 1 aliphatic carbocycles. The van der Waals surface area contributed by atoms with Crippen molar-refractivity contribution < 1.29 is 19.4 Å². The first-order valence-electron chi connectivity index (χ1n) is 12.5. The molecule has 0 bridgehead atoms. The van der Waals surface area contributed by atoms with E-state index in [4.69, 9.17) is 21.7 Å². The minimum Gasteiger partial charge on any atom is -0.511 e. The lowest BCUT2D eigenvalue weighted by molar-refractivity contribution is -0.116. The Kier molecular flexibility index (Phi) is 9.14. The summed E-state index contributed by atoms with van der Waals surface area (Å²) < 4.78 is 10.7. The Hall–Kier alpha value is -3.43. The number of aliphatic hydroxyl groups is 1. The Morgan fingerprint density at radius 2 is 1.81 bits per heavy atom. The van der Waals surface area contributed by atoms with Gasteiger partial charge in [0.05, 0.1) is 26.3 Å². The molecule has 0 aromatic heterocycles. The molecule has 9 heteroatoms. The van der Waals surface area contributed by atoms with Crippen LogP contribution in [0.25, 0.3) is 0 Å². The molecule has 2 N–H and O–H groups in total. The third-order valence-electron chi connectivity index (χ3n) is 6.81. The van der Waals surface area contributed by atoms with Crippen LogP contribution >= 0.6 is 12.2 Å². The fraction of sp³-hybridized carbons (Fsp3) is 0.393. The summed E-state index contributed by atoms with van der Waals surface area (Å²) in [6.45, 7) is 4.85. The van der Waals surface area contributed by atoms with E-state index in [0.29, 0.717) is 36.5 Å². The zero-order valence-corrected chi connectivity index (χ0v) is 22.2. The smallest absolute Gasteiger partial charge is 0.173 e. The molecule has 0 amide bonds. The van der Waals surface area contributed by atoms with Crippen molar-refractivity contribution in [2.24, 2.45) is 4.99 Å². The van der Waals surface area contributed by atoms with Crippen molar-refractivity contribution in [2.45, 2.75) is 18.8 Å². The van der Waals surface area contributed by atoms with E-state index in [9.17, 15) is 9.90 Å². The van der Waals surface area contributed by atoms with Crippen LogP contribution in [-0.4, -0.2) is 85.5 Å². The quantitative estimate of drug-likeness (QED) is 0.397. The van der Waals surface area contributed by atoms with Gasteiger partial charge in [0.1, 0.15) is 5.76 Å². The first-order chi connectivity index (χ1) is 18.0. The number of aliphatic hydroxyl groups excluding tert-OH is 1. The van der Waals surface area contributed by atoms with Crippen LogP contribution in [0.3, 0.4) is 0 Å². The molecular weight excluding hydrogens is 488 g/mol. The summed E-state index contributed by atoms with van der Waals surface area (Å²) in [7, 11) is 3.17. The standard InChI is InChI=1S/C28H34N4O4S/c1-35-26-9-8-20(18-27(26)36-2)21-16-24(33)23(25(34)17-21)19-29-10-11-31-12-14-32(15-13-31)28(37)30-22-6-4-3-5-7-22/h3-9,18-19,21,33H,10-17H2,1-2H3,(H,30,37). The number of hydrogen-bond donors (Lipinski definition) is 2. The summed E-state index contributed by atoms with van der Waals surface area (Å²) in [5, 5.41) is 14.6. The fourth-order valence-corrected chi connectivity index (χ4v) is 4.95. The summed E-state index contributed by atoms with van der Waals surface area (Å²) in [5.41, 5.74) is 2.25. The first-order valence-corrected chi connectivity index (χ1v) is 12.9. The van der Waals surface area contributed by atoms with Crippen molar-refractivity contribution in [1.82, 2.24) is 9.80 Å². The molecule has 196 valence electrons. The van der Waals surface area contributed by atoms with E-state index in [-0.39, 0.29) is 17.5 Å². The van der Waals surface area contributed by atoms with Crippen LogP contribution in [0.4, 0.5) is 5.69 Å². The lowest BCUT2D eigenvalue weighted by Gasteiger charge is -2.36. The van der Waals surface area contributed by atoms with E-state index >= 15 is 0 Å². The van der Waals surface area contributed by atoms with Crippen LogP contribution in [0.15, 0.2) is 64.9 Å². The number of carbonyl (C=O) groups is 1. The average Bonchev–Trinajstić information content (AvgIpc) is 2.92. The summed E-state index contributed by atoms with van der Waals surface area (Å²) in [6, 6.07) is 15.6. The largest absolute Gasteiger partial charge is 0.511 e. The highest BCUT2D eigenvalue weighted by Gasteiger charge is 2.28. The first kappa shape index (κ1) is 26.6. The number of anilines is 1. The maximum Gasteiger partial charge on any atom is 0.173 e. The number of nitrogens with one attached hydrogen (secondary N) is 1. The van der Waals surface area contributed by atoms with E-state index in [1.54, 1.807) is 14.2 Å². The predicted octanol–water partition coefficient (Wildman–Crippen LogP) is 4.05. The number of Topliss-reactive ketones (excluding diaryl/α,β-unsaturated/α-hetero) is 1. The average molecular weight is 523 g/mol. The van der Waals surface area contributed by atoms with E-state index in [1.165, 1.54) is 6.21 Å². The van der Waals surface area contributed by atoms with Crippen LogP contribution in [0.2, 0.25) is 0 Å². The van der Waals surface area contributed by atoms with Gasteiger partial charge in [-0.05, 0) is 48.0 Å². The number of carbonyl (C=O) groups excluding carboxylic acids is 1. The molecule has 0 saturated carbocycles. The summed E-state index contributed by atoms with van der Waals surface area (Å²) in [6.07, 6.45) is 2.25. The highest BCUT2D eigenvalue weighted by molar-refractivity contribution is 7.80. The van der Waals surface area contributed by atoms with Gasteiger partial charge in [0.15, 0.2) is 22.4 Å². The number of rotatable bonds is 8. The minimum absolute atomic E-state index is 0.0906. The van der Waals surface area contributed by atoms with E-state index < -0.39 is 0 Å². The van der Waals surface area contributed by atoms with Crippen LogP contribution < -0.4 is 14.8 Å². The molecule has 8 nitrogen and oxygen atoms in total. The molecule has 1 heterocycles. The number of piperazine rings is 1. The van der Waals surface area contributed by atoms with Gasteiger partial charge in [-0.3, -0.25) is 14.7 Å². The predicted molar refractivity (Wildman–Crippen MR) is 150 cm³/mol. The van der Waals surface area contributed by atoms with Gasteiger partial charge in [-0.1, -0.05) is 24.3 Å². The maximum atomic E-state index is 12.8. The molecule has 1 unspecified atom stereocenters. The fourth-order valence-electron chi connectivity index (χ4n) is 4.65. The van der Waals surface area contributed by atoms with Crippen LogP contribution in [0, 0.1) is 0 Å². The second kappa shape index (κ2) is 12.7. The number of thiocarbonyl (C=S) groups is 1. The number of hydrogen-bond acceptors (Lipinski definition) is 7. The van der Waals surface area contributed by atoms with Gasteiger partial charge in [0.25, 0.3) is 0 Å². The van der Waals surface area contributed by atoms with Gasteiger partial charge < -0.3 is 24.8 Å². The minimum atomic E-state index is -0.108. The van der Waals surface area contributed by atoms with Gasteiger partial charge in [-0.15, -0.1) is 0 Å². The molecule has 1 atom stereocenters. The van der Waals surface area contributed by atoms with E-state index in [2.05, 4.69) is 20.1 Å². The normalized spacial score (nSPS) is 18.8. The Morgan fingerprint density at radius 1 is 1.08 bits per heavy atom. The number of para-hydroxylation sites is 1. The van der Waals surface area contributed by atoms with E-state index in [0.717, 1.165) is 49.1 Å². The number of allylic oxidation sites excluding steroid dienone is 2. The topological polar surface area (TPSA) is 86.6 Å². The van der Waals surface area contributed by atoms with Crippen molar-refractivity contribution >= 4 is 35.0 Å². The number of methoxy groups -OCH3 is 2. The molecule has 1 saturated heterocycles. The highest BCUT2D eigenvalue weighted by atomic mass is 32.1. The monoisotopic (exact) mass is 522 g/mol. The van der Waals surface area contributed by atoms with Crippen molar-refractivity contribution in [1.29, 1.82) is 0 Å². The molecule has 2 aromatic rings. The van der Waals surface area contributed by atoms with Crippen LogP contribution in [0.5, 0.6) is 11.5 Å². The van der Waals surface area contributed by atoms with Gasteiger partial charge in [0.2, 0.25) is 0 Å². The zero-order chi connectivity index (χ0) is 26.2. The third-order valence-corrected chi connectivity index (χ3v) is 7.17. The molecule has 2 aliphatic rings. The molecule has 1 aliphatic heterocycles. The number of aliphatic imine (C=N–C) groups is 1. The summed E-state index contributed by atoms with van der Waals surface area (Å²) >= 11 is 5.56. The van der Waals surface area contributed by atoms with Crippen molar-refractivity contribution in [3.63, 3.8) is 0 Å². The number of benzene rings is 2.